The van der Waals surface area contributed by atoms with Crippen molar-refractivity contribution in [3.63, 3.8) is 0 Å². The van der Waals surface area contributed by atoms with Gasteiger partial charge in [-0.05, 0) is 38.0 Å². The van der Waals surface area contributed by atoms with Crippen LogP contribution in [-0.4, -0.2) is 36.3 Å². The molecular formula is C20H26N2O3. The van der Waals surface area contributed by atoms with Gasteiger partial charge in [-0.15, -0.1) is 0 Å². The lowest BCUT2D eigenvalue weighted by Gasteiger charge is -2.47. The third-order valence-electron chi connectivity index (χ3n) is 6.22. The first-order chi connectivity index (χ1) is 12.1. The van der Waals surface area contributed by atoms with E-state index in [-0.39, 0.29) is 11.9 Å². The van der Waals surface area contributed by atoms with Crippen molar-refractivity contribution in [2.24, 2.45) is 18.9 Å². The molecule has 1 aliphatic heterocycles. The summed E-state index contributed by atoms with van der Waals surface area (Å²) in [4.78, 5) is 13.1. The fraction of sp³-hybridized carbons (Fsp3) is 0.550. The predicted molar refractivity (Wildman–Crippen MR) is 97.1 cm³/mol. The number of ether oxygens (including phenoxy) is 2. The van der Waals surface area contributed by atoms with Gasteiger partial charge in [0.2, 0.25) is 0 Å². The molecule has 134 valence electrons. The largest absolute Gasteiger partial charge is 0.497 e. The molecule has 4 rings (SSSR count). The van der Waals surface area contributed by atoms with Crippen LogP contribution in [0.4, 0.5) is 0 Å². The number of amides is 1. The van der Waals surface area contributed by atoms with Gasteiger partial charge in [-0.3, -0.25) is 4.79 Å². The van der Waals surface area contributed by atoms with Crippen molar-refractivity contribution in [1.29, 1.82) is 0 Å². The van der Waals surface area contributed by atoms with Crippen molar-refractivity contribution in [2.75, 3.05) is 13.7 Å². The second-order valence-electron chi connectivity index (χ2n) is 7.26. The summed E-state index contributed by atoms with van der Waals surface area (Å²) in [5, 5.41) is 4.26. The highest BCUT2D eigenvalue weighted by atomic mass is 16.5. The van der Waals surface area contributed by atoms with E-state index in [4.69, 9.17) is 9.47 Å². The monoisotopic (exact) mass is 342 g/mol. The number of aromatic nitrogens is 1. The minimum Gasteiger partial charge on any atom is -0.497 e. The lowest BCUT2D eigenvalue weighted by Crippen LogP contribution is -2.61. The first-order valence-corrected chi connectivity index (χ1v) is 9.12. The van der Waals surface area contributed by atoms with E-state index in [1.807, 2.05) is 32.2 Å². The minimum atomic E-state index is 0.0187. The third-order valence-corrected chi connectivity index (χ3v) is 6.22. The van der Waals surface area contributed by atoms with E-state index in [1.54, 1.807) is 7.11 Å². The van der Waals surface area contributed by atoms with Crippen molar-refractivity contribution in [3.05, 3.63) is 29.5 Å². The molecule has 1 saturated heterocycles. The van der Waals surface area contributed by atoms with Gasteiger partial charge in [0.1, 0.15) is 5.75 Å². The van der Waals surface area contributed by atoms with E-state index in [0.717, 1.165) is 47.4 Å². The van der Waals surface area contributed by atoms with Gasteiger partial charge >= 0.3 is 0 Å². The maximum absolute atomic E-state index is 13.1. The zero-order valence-corrected chi connectivity index (χ0v) is 15.3. The van der Waals surface area contributed by atoms with E-state index in [0.29, 0.717) is 17.9 Å². The Hall–Kier alpha value is -2.01. The van der Waals surface area contributed by atoms with E-state index >= 15 is 0 Å². The van der Waals surface area contributed by atoms with Crippen molar-refractivity contribution in [3.8, 4) is 5.75 Å². The van der Waals surface area contributed by atoms with Crippen molar-refractivity contribution >= 4 is 16.8 Å². The highest BCUT2D eigenvalue weighted by molar-refractivity contribution is 6.09. The second kappa shape index (κ2) is 6.06. The molecule has 2 fully saturated rings. The van der Waals surface area contributed by atoms with E-state index < -0.39 is 0 Å². The number of carbonyl (C=O) groups is 1. The molecule has 1 saturated carbocycles. The Bertz CT molecular complexity index is 826. The van der Waals surface area contributed by atoms with Gasteiger partial charge in [0, 0.05) is 48.1 Å². The highest BCUT2D eigenvalue weighted by Crippen LogP contribution is 2.45. The number of aryl methyl sites for hydroxylation is 1. The summed E-state index contributed by atoms with van der Waals surface area (Å²) in [6.07, 6.45) is 2.42. The molecular weight excluding hydrogens is 316 g/mol. The number of hydrogen-bond acceptors (Lipinski definition) is 3. The van der Waals surface area contributed by atoms with Gasteiger partial charge in [0.25, 0.3) is 5.91 Å². The number of methoxy groups -OCH3 is 1. The Morgan fingerprint density at radius 1 is 1.44 bits per heavy atom. The summed E-state index contributed by atoms with van der Waals surface area (Å²) in [5.74, 6) is 1.69. The first-order valence-electron chi connectivity index (χ1n) is 9.12. The summed E-state index contributed by atoms with van der Waals surface area (Å²) in [5.41, 5.74) is 2.78. The molecule has 1 N–H and O–H groups in total. The van der Waals surface area contributed by atoms with E-state index in [9.17, 15) is 4.79 Å². The van der Waals surface area contributed by atoms with Crippen molar-refractivity contribution in [2.45, 2.75) is 38.8 Å². The summed E-state index contributed by atoms with van der Waals surface area (Å²) < 4.78 is 13.3. The lowest BCUT2D eigenvalue weighted by molar-refractivity contribution is -0.0545. The van der Waals surface area contributed by atoms with Crippen molar-refractivity contribution in [1.82, 2.24) is 9.88 Å². The fourth-order valence-electron chi connectivity index (χ4n) is 4.72. The lowest BCUT2D eigenvalue weighted by atomic mass is 9.65. The number of benzene rings is 1. The SMILES string of the molecule is CC[C@@H]1[C@@H](NC(=O)c2c(C)n(C)c3ccc(OC)cc23)[C@@H]2CCO[C@H]12. The molecule has 5 nitrogen and oxygen atoms in total. The Balaban J connectivity index is 1.67. The van der Waals surface area contributed by atoms with Crippen molar-refractivity contribution < 1.29 is 14.3 Å². The first kappa shape index (κ1) is 16.5. The molecule has 0 spiro atoms. The fourth-order valence-corrected chi connectivity index (χ4v) is 4.72. The number of fused-ring (bicyclic) bond motifs is 2. The Morgan fingerprint density at radius 3 is 2.96 bits per heavy atom. The van der Waals surface area contributed by atoms with Crippen LogP contribution in [0.3, 0.4) is 0 Å². The average molecular weight is 342 g/mol. The van der Waals surface area contributed by atoms with Crippen LogP contribution in [-0.2, 0) is 11.8 Å². The summed E-state index contributed by atoms with van der Waals surface area (Å²) in [7, 11) is 3.65. The topological polar surface area (TPSA) is 52.5 Å². The number of nitrogens with zero attached hydrogens (tertiary/aromatic N) is 1. The molecule has 1 aromatic carbocycles. The van der Waals surface area contributed by atoms with E-state index in [2.05, 4.69) is 16.8 Å². The van der Waals surface area contributed by atoms with Gasteiger partial charge < -0.3 is 19.4 Å². The molecule has 1 aromatic heterocycles. The maximum Gasteiger partial charge on any atom is 0.253 e. The zero-order valence-electron chi connectivity index (χ0n) is 15.3. The Kier molecular flexibility index (Phi) is 3.99. The van der Waals surface area contributed by atoms with Crippen LogP contribution in [0.15, 0.2) is 18.2 Å². The van der Waals surface area contributed by atoms with Gasteiger partial charge in [-0.1, -0.05) is 6.92 Å². The van der Waals surface area contributed by atoms with Crippen LogP contribution >= 0.6 is 0 Å². The second-order valence-corrected chi connectivity index (χ2v) is 7.26. The molecule has 0 unspecified atom stereocenters. The van der Waals surface area contributed by atoms with Crippen LogP contribution in [0.1, 0.15) is 35.8 Å². The van der Waals surface area contributed by atoms with E-state index in [1.165, 1.54) is 0 Å². The molecule has 1 amide bonds. The van der Waals surface area contributed by atoms with Crippen LogP contribution in [0.25, 0.3) is 10.9 Å². The number of carbonyl (C=O) groups excluding carboxylic acids is 1. The molecule has 0 bridgehead atoms. The van der Waals surface area contributed by atoms with Gasteiger partial charge in [0.15, 0.2) is 0 Å². The minimum absolute atomic E-state index is 0.0187. The maximum atomic E-state index is 13.1. The number of nitrogens with one attached hydrogen (secondary N) is 1. The molecule has 25 heavy (non-hydrogen) atoms. The molecule has 2 aromatic rings. The van der Waals surface area contributed by atoms with Crippen LogP contribution in [0.2, 0.25) is 0 Å². The predicted octanol–water partition coefficient (Wildman–Crippen LogP) is 3.04. The quantitative estimate of drug-likeness (QED) is 0.929. The number of rotatable bonds is 4. The standard InChI is InChI=1S/C20H26N2O3/c1-5-13-18(14-8-9-25-19(13)14)21-20(23)17-11(2)22(3)16-7-6-12(24-4)10-15(16)17/h6-7,10,13-14,18-19H,5,8-9H2,1-4H3,(H,21,23)/t13-,14+,18-,19-/m1/s1. The Morgan fingerprint density at radius 2 is 2.24 bits per heavy atom. The summed E-state index contributed by atoms with van der Waals surface area (Å²) in [6, 6.07) is 6.13. The molecule has 5 heteroatoms. The van der Waals surface area contributed by atoms with Crippen LogP contribution < -0.4 is 10.1 Å². The molecule has 2 heterocycles. The summed E-state index contributed by atoms with van der Waals surface area (Å²) >= 11 is 0. The van der Waals surface area contributed by atoms with Crippen LogP contribution in [0, 0.1) is 18.8 Å². The van der Waals surface area contributed by atoms with Crippen LogP contribution in [0.5, 0.6) is 5.75 Å². The average Bonchev–Trinajstić information content (AvgIpc) is 3.13. The number of hydrogen-bond donors (Lipinski definition) is 1. The molecule has 0 radical (unpaired) electrons. The zero-order chi connectivity index (χ0) is 17.7. The normalized spacial score (nSPS) is 27.8. The highest BCUT2D eigenvalue weighted by Gasteiger charge is 2.53. The molecule has 4 atom stereocenters. The van der Waals surface area contributed by atoms with Gasteiger partial charge in [0.05, 0.1) is 18.8 Å². The van der Waals surface area contributed by atoms with Gasteiger partial charge in [-0.25, -0.2) is 0 Å². The Labute approximate surface area is 148 Å². The molecule has 2 aliphatic rings. The molecule has 1 aliphatic carbocycles. The smallest absolute Gasteiger partial charge is 0.253 e. The third kappa shape index (κ3) is 2.36. The summed E-state index contributed by atoms with van der Waals surface area (Å²) in [6.45, 7) is 5.00. The van der Waals surface area contributed by atoms with Gasteiger partial charge in [-0.2, -0.15) is 0 Å².